The Hall–Kier alpha value is -2.28. The lowest BCUT2D eigenvalue weighted by atomic mass is 10.2. The van der Waals surface area contributed by atoms with Crippen LogP contribution < -0.4 is 15.0 Å². The topological polar surface area (TPSA) is 65.1 Å². The van der Waals surface area contributed by atoms with Crippen molar-refractivity contribution in [2.45, 2.75) is 6.42 Å². The minimum atomic E-state index is -0.503. The molecule has 7 heteroatoms. The van der Waals surface area contributed by atoms with E-state index < -0.39 is 11.8 Å². The molecule has 1 aromatic rings. The highest BCUT2D eigenvalue weighted by atomic mass is 16.5. The lowest BCUT2D eigenvalue weighted by Gasteiger charge is -2.35. The molecule has 2 rings (SSSR count). The normalized spacial score (nSPS) is 14.6. The molecule has 1 N–H and O–H groups in total. The van der Waals surface area contributed by atoms with Crippen molar-refractivity contribution >= 4 is 17.5 Å². The van der Waals surface area contributed by atoms with Gasteiger partial charge in [0.1, 0.15) is 5.75 Å². The summed E-state index contributed by atoms with van der Waals surface area (Å²) < 4.78 is 5.17. The van der Waals surface area contributed by atoms with E-state index in [1.54, 1.807) is 12.0 Å². The van der Waals surface area contributed by atoms with Crippen LogP contribution in [0.2, 0.25) is 0 Å². The van der Waals surface area contributed by atoms with Gasteiger partial charge >= 0.3 is 11.8 Å². The maximum atomic E-state index is 12.2. The van der Waals surface area contributed by atoms with E-state index in [2.05, 4.69) is 10.2 Å². The van der Waals surface area contributed by atoms with Crippen LogP contribution in [0.15, 0.2) is 24.3 Å². The average molecular weight is 348 g/mol. The van der Waals surface area contributed by atoms with Crippen molar-refractivity contribution in [1.82, 2.24) is 15.1 Å². The number of nitrogens with one attached hydrogen (secondary N) is 1. The number of rotatable bonds is 6. The summed E-state index contributed by atoms with van der Waals surface area (Å²) in [6.07, 6.45) is 0.831. The van der Waals surface area contributed by atoms with Crippen LogP contribution in [-0.4, -0.2) is 82.1 Å². The Kier molecular flexibility index (Phi) is 7.06. The van der Waals surface area contributed by atoms with Gasteiger partial charge in [-0.15, -0.1) is 0 Å². The molecule has 0 bridgehead atoms. The highest BCUT2D eigenvalue weighted by Gasteiger charge is 2.25. The number of nitrogens with zero attached hydrogens (tertiary/aromatic N) is 3. The first-order chi connectivity index (χ1) is 12.0. The number of methoxy groups -OCH3 is 1. The maximum absolute atomic E-state index is 12.2. The minimum absolute atomic E-state index is 0.431. The molecule has 7 nitrogen and oxygen atoms in total. The highest BCUT2D eigenvalue weighted by Crippen LogP contribution is 2.20. The first-order valence-corrected chi connectivity index (χ1v) is 8.62. The third kappa shape index (κ3) is 5.63. The summed E-state index contributed by atoms with van der Waals surface area (Å²) in [5.41, 5.74) is 1.10. The first kappa shape index (κ1) is 19.1. The second-order valence-corrected chi connectivity index (χ2v) is 6.39. The molecule has 138 valence electrons. The molecule has 0 aliphatic carbocycles. The summed E-state index contributed by atoms with van der Waals surface area (Å²) in [6, 6.07) is 7.86. The number of hydrogen-bond donors (Lipinski definition) is 1. The third-order valence-electron chi connectivity index (χ3n) is 4.27. The van der Waals surface area contributed by atoms with Crippen LogP contribution in [0.4, 0.5) is 5.69 Å². The second-order valence-electron chi connectivity index (χ2n) is 6.39. The Labute approximate surface area is 149 Å². The average Bonchev–Trinajstić information content (AvgIpc) is 2.64. The maximum Gasteiger partial charge on any atom is 0.312 e. The van der Waals surface area contributed by atoms with Crippen LogP contribution in [0.25, 0.3) is 0 Å². The van der Waals surface area contributed by atoms with E-state index in [0.717, 1.165) is 24.4 Å². The largest absolute Gasteiger partial charge is 0.497 e. The number of amides is 2. The fourth-order valence-electron chi connectivity index (χ4n) is 2.78. The van der Waals surface area contributed by atoms with Gasteiger partial charge in [0.05, 0.1) is 7.11 Å². The molecule has 1 aliphatic rings. The van der Waals surface area contributed by atoms with Gasteiger partial charge in [-0.05, 0) is 51.3 Å². The van der Waals surface area contributed by atoms with Crippen molar-refractivity contribution in [2.75, 3.05) is 65.4 Å². The van der Waals surface area contributed by atoms with Crippen LogP contribution >= 0.6 is 0 Å². The van der Waals surface area contributed by atoms with Crippen molar-refractivity contribution in [3.63, 3.8) is 0 Å². The Balaban J connectivity index is 1.76. The number of piperazine rings is 1. The zero-order valence-electron chi connectivity index (χ0n) is 15.3. The fourth-order valence-corrected chi connectivity index (χ4v) is 2.78. The summed E-state index contributed by atoms with van der Waals surface area (Å²) in [7, 11) is 5.61. The monoisotopic (exact) mass is 348 g/mol. The van der Waals surface area contributed by atoms with E-state index in [-0.39, 0.29) is 0 Å². The Morgan fingerprint density at radius 3 is 2.32 bits per heavy atom. The van der Waals surface area contributed by atoms with E-state index in [0.29, 0.717) is 32.7 Å². The van der Waals surface area contributed by atoms with Gasteiger partial charge in [0.25, 0.3) is 0 Å². The summed E-state index contributed by atoms with van der Waals surface area (Å²) in [6.45, 7) is 3.94. The van der Waals surface area contributed by atoms with Crippen LogP contribution in [0.5, 0.6) is 5.75 Å². The van der Waals surface area contributed by atoms with E-state index in [1.807, 2.05) is 43.3 Å². The van der Waals surface area contributed by atoms with Gasteiger partial charge in [-0.2, -0.15) is 0 Å². The predicted octanol–water partition coefficient (Wildman–Crippen LogP) is 0.412. The molecule has 0 atom stereocenters. The smallest absolute Gasteiger partial charge is 0.312 e. The molecule has 1 aliphatic heterocycles. The van der Waals surface area contributed by atoms with Crippen LogP contribution in [-0.2, 0) is 9.59 Å². The molecule has 0 saturated carbocycles. The van der Waals surface area contributed by atoms with Crippen LogP contribution in [0.1, 0.15) is 6.42 Å². The highest BCUT2D eigenvalue weighted by molar-refractivity contribution is 6.35. The van der Waals surface area contributed by atoms with Crippen molar-refractivity contribution in [1.29, 1.82) is 0 Å². The SMILES string of the molecule is COc1ccc(N2CCN(C(=O)C(=O)NCCCN(C)C)CC2)cc1. The molecular formula is C18H28N4O3. The number of benzene rings is 1. The molecule has 0 spiro atoms. The van der Waals surface area contributed by atoms with Gasteiger partial charge in [0.2, 0.25) is 0 Å². The Morgan fingerprint density at radius 1 is 1.12 bits per heavy atom. The number of anilines is 1. The van der Waals surface area contributed by atoms with Gasteiger partial charge in [-0.3, -0.25) is 9.59 Å². The minimum Gasteiger partial charge on any atom is -0.497 e. The van der Waals surface area contributed by atoms with Crippen LogP contribution in [0.3, 0.4) is 0 Å². The molecule has 2 amide bonds. The zero-order chi connectivity index (χ0) is 18.2. The number of ether oxygens (including phenoxy) is 1. The number of hydrogen-bond acceptors (Lipinski definition) is 5. The van der Waals surface area contributed by atoms with Crippen molar-refractivity contribution < 1.29 is 14.3 Å². The summed E-state index contributed by atoms with van der Waals surface area (Å²) >= 11 is 0. The third-order valence-corrected chi connectivity index (χ3v) is 4.27. The quantitative estimate of drug-likeness (QED) is 0.596. The van der Waals surface area contributed by atoms with E-state index in [9.17, 15) is 9.59 Å². The van der Waals surface area contributed by atoms with Gasteiger partial charge in [-0.1, -0.05) is 0 Å². The Bertz CT molecular complexity index is 566. The van der Waals surface area contributed by atoms with Crippen molar-refractivity contribution in [2.24, 2.45) is 0 Å². The molecule has 25 heavy (non-hydrogen) atoms. The predicted molar refractivity (Wildman–Crippen MR) is 98.0 cm³/mol. The lowest BCUT2D eigenvalue weighted by molar-refractivity contribution is -0.146. The Morgan fingerprint density at radius 2 is 1.76 bits per heavy atom. The van der Waals surface area contributed by atoms with Gasteiger partial charge in [0, 0.05) is 38.4 Å². The lowest BCUT2D eigenvalue weighted by Crippen LogP contribution is -2.52. The number of carbonyl (C=O) groups is 2. The molecule has 1 heterocycles. The van der Waals surface area contributed by atoms with Crippen molar-refractivity contribution in [3.05, 3.63) is 24.3 Å². The molecule has 1 saturated heterocycles. The summed E-state index contributed by atoms with van der Waals surface area (Å²) in [4.78, 5) is 30.1. The molecular weight excluding hydrogens is 320 g/mol. The molecule has 0 aromatic heterocycles. The van der Waals surface area contributed by atoms with Gasteiger partial charge in [-0.25, -0.2) is 0 Å². The van der Waals surface area contributed by atoms with E-state index >= 15 is 0 Å². The van der Waals surface area contributed by atoms with Crippen LogP contribution in [0, 0.1) is 0 Å². The van der Waals surface area contributed by atoms with Crippen molar-refractivity contribution in [3.8, 4) is 5.75 Å². The first-order valence-electron chi connectivity index (χ1n) is 8.62. The molecule has 0 unspecified atom stereocenters. The molecule has 1 fully saturated rings. The van der Waals surface area contributed by atoms with E-state index in [4.69, 9.17) is 4.74 Å². The van der Waals surface area contributed by atoms with Gasteiger partial charge < -0.3 is 24.8 Å². The summed E-state index contributed by atoms with van der Waals surface area (Å²) in [5.74, 6) is -0.112. The summed E-state index contributed by atoms with van der Waals surface area (Å²) in [5, 5.41) is 2.71. The van der Waals surface area contributed by atoms with E-state index in [1.165, 1.54) is 0 Å². The standard InChI is InChI=1S/C18H28N4O3/c1-20(2)10-4-9-19-17(23)18(24)22-13-11-21(12-14-22)15-5-7-16(25-3)8-6-15/h5-8H,4,9-14H2,1-3H3,(H,19,23). The number of carbonyl (C=O) groups excluding carboxylic acids is 2. The molecule has 0 radical (unpaired) electrons. The second kappa shape index (κ2) is 9.27. The van der Waals surface area contributed by atoms with Gasteiger partial charge in [0.15, 0.2) is 0 Å². The zero-order valence-corrected chi connectivity index (χ0v) is 15.3. The molecule has 1 aromatic carbocycles. The fraction of sp³-hybridized carbons (Fsp3) is 0.556.